The molecule has 2 rings (SSSR count). The molecule has 0 N–H and O–H groups in total. The van der Waals surface area contributed by atoms with Gasteiger partial charge in [0.15, 0.2) is 11.5 Å². The third-order valence-corrected chi connectivity index (χ3v) is 3.33. The summed E-state index contributed by atoms with van der Waals surface area (Å²) in [7, 11) is 1.67. The van der Waals surface area contributed by atoms with Crippen molar-refractivity contribution in [2.45, 2.75) is 44.6 Å². The van der Waals surface area contributed by atoms with Gasteiger partial charge in [-0.25, -0.2) is 0 Å². The minimum Gasteiger partial charge on any atom is -0.493 e. The molecule has 0 aromatic rings. The average Bonchev–Trinajstić information content (AvgIpc) is 2.74. The predicted octanol–water partition coefficient (Wildman–Crippen LogP) is 3.72. The fraction of sp³-hybridized carbons (Fsp3) is 0.667. The first-order valence-electron chi connectivity index (χ1n) is 5.61. The Bertz CT molecular complexity index is 288. The minimum atomic E-state index is 0.338. The van der Waals surface area contributed by atoms with Gasteiger partial charge in [0.2, 0.25) is 0 Å². The van der Waals surface area contributed by atoms with Gasteiger partial charge in [0, 0.05) is 0 Å². The van der Waals surface area contributed by atoms with E-state index in [1.165, 1.54) is 12.8 Å². The number of rotatable bonds is 3. The van der Waals surface area contributed by atoms with Crippen molar-refractivity contribution in [2.75, 3.05) is 7.11 Å². The Morgan fingerprint density at radius 2 is 2.07 bits per heavy atom. The molecule has 0 spiro atoms. The lowest BCUT2D eigenvalue weighted by Gasteiger charge is -2.21. The summed E-state index contributed by atoms with van der Waals surface area (Å²) in [6.07, 6.45) is 9.02. The maximum atomic E-state index is 6.17. The van der Waals surface area contributed by atoms with Gasteiger partial charge in [-0.1, -0.05) is 11.6 Å². The third kappa shape index (κ3) is 2.49. The Morgan fingerprint density at radius 1 is 1.33 bits per heavy atom. The Hall–Kier alpha value is -0.630. The normalized spacial score (nSPS) is 22.9. The molecule has 0 saturated heterocycles. The van der Waals surface area contributed by atoms with Crippen molar-refractivity contribution < 1.29 is 9.47 Å². The van der Waals surface area contributed by atoms with Crippen molar-refractivity contribution in [3.63, 3.8) is 0 Å². The number of halogens is 1. The van der Waals surface area contributed by atoms with E-state index >= 15 is 0 Å². The van der Waals surface area contributed by atoms with Gasteiger partial charge >= 0.3 is 0 Å². The van der Waals surface area contributed by atoms with Gasteiger partial charge in [0.1, 0.15) is 0 Å². The largest absolute Gasteiger partial charge is 0.493 e. The van der Waals surface area contributed by atoms with Gasteiger partial charge in [-0.15, -0.1) is 0 Å². The highest BCUT2D eigenvalue weighted by Crippen LogP contribution is 2.33. The van der Waals surface area contributed by atoms with Gasteiger partial charge < -0.3 is 9.47 Å². The number of hydrogen-bond donors (Lipinski definition) is 0. The zero-order chi connectivity index (χ0) is 10.7. The van der Waals surface area contributed by atoms with Gasteiger partial charge in [0.05, 0.1) is 18.2 Å². The van der Waals surface area contributed by atoms with Crippen LogP contribution in [-0.2, 0) is 9.47 Å². The minimum absolute atomic E-state index is 0.338. The first kappa shape index (κ1) is 10.9. The molecule has 84 valence electrons. The summed E-state index contributed by atoms with van der Waals surface area (Å²) in [5.74, 6) is 1.58. The van der Waals surface area contributed by atoms with Gasteiger partial charge in [-0.2, -0.15) is 0 Å². The second kappa shape index (κ2) is 4.93. The smallest absolute Gasteiger partial charge is 0.175 e. The lowest BCUT2D eigenvalue weighted by Crippen LogP contribution is -2.12. The molecule has 3 heteroatoms. The monoisotopic (exact) mass is 228 g/mol. The standard InChI is InChI=1S/C12H17ClO2/c1-14-11-8-4-7-10(13)12(11)15-9-5-2-3-6-9/h8-9H,2-7H2,1H3. The van der Waals surface area contributed by atoms with E-state index < -0.39 is 0 Å². The van der Waals surface area contributed by atoms with Crippen LogP contribution in [0, 0.1) is 0 Å². The Kier molecular flexibility index (Phi) is 3.57. The van der Waals surface area contributed by atoms with Gasteiger partial charge in [0.25, 0.3) is 0 Å². The number of hydrogen-bond acceptors (Lipinski definition) is 2. The Balaban J connectivity index is 2.06. The van der Waals surface area contributed by atoms with Crippen molar-refractivity contribution in [3.8, 4) is 0 Å². The van der Waals surface area contributed by atoms with Crippen LogP contribution in [0.2, 0.25) is 0 Å². The number of ether oxygens (including phenoxy) is 2. The first-order chi connectivity index (χ1) is 7.31. The summed E-state index contributed by atoms with van der Waals surface area (Å²) < 4.78 is 11.2. The lowest BCUT2D eigenvalue weighted by molar-refractivity contribution is 0.103. The second-order valence-electron chi connectivity index (χ2n) is 4.07. The van der Waals surface area contributed by atoms with Crippen LogP contribution in [0.25, 0.3) is 0 Å². The molecule has 1 fully saturated rings. The van der Waals surface area contributed by atoms with Crippen LogP contribution in [0.3, 0.4) is 0 Å². The molecular weight excluding hydrogens is 212 g/mol. The van der Waals surface area contributed by atoms with E-state index in [0.717, 1.165) is 42.2 Å². The molecule has 0 heterocycles. The van der Waals surface area contributed by atoms with Crippen molar-refractivity contribution >= 4 is 11.6 Å². The van der Waals surface area contributed by atoms with Crippen molar-refractivity contribution in [2.24, 2.45) is 0 Å². The quantitative estimate of drug-likeness (QED) is 0.733. The maximum absolute atomic E-state index is 6.17. The highest BCUT2D eigenvalue weighted by Gasteiger charge is 2.23. The van der Waals surface area contributed by atoms with E-state index in [1.54, 1.807) is 7.11 Å². The summed E-state index contributed by atoms with van der Waals surface area (Å²) in [5.41, 5.74) is 0. The summed E-state index contributed by atoms with van der Waals surface area (Å²) in [4.78, 5) is 0. The van der Waals surface area contributed by atoms with Crippen LogP contribution in [-0.4, -0.2) is 13.2 Å². The fourth-order valence-corrected chi connectivity index (χ4v) is 2.39. The molecule has 0 amide bonds. The van der Waals surface area contributed by atoms with E-state index in [2.05, 4.69) is 6.08 Å². The van der Waals surface area contributed by atoms with Crippen LogP contribution in [0.1, 0.15) is 38.5 Å². The van der Waals surface area contributed by atoms with Crippen LogP contribution >= 0.6 is 11.6 Å². The summed E-state index contributed by atoms with van der Waals surface area (Å²) in [6, 6.07) is 0. The summed E-state index contributed by atoms with van der Waals surface area (Å²) in [6.45, 7) is 0. The number of allylic oxidation sites excluding steroid dienone is 2. The summed E-state index contributed by atoms with van der Waals surface area (Å²) >= 11 is 6.17. The Labute approximate surface area is 95.9 Å². The molecule has 0 radical (unpaired) electrons. The van der Waals surface area contributed by atoms with E-state index in [9.17, 15) is 0 Å². The maximum Gasteiger partial charge on any atom is 0.175 e. The van der Waals surface area contributed by atoms with E-state index in [-0.39, 0.29) is 0 Å². The SMILES string of the molecule is COC1=CCCC(Cl)=C1OC1CCCC1. The van der Waals surface area contributed by atoms with Gasteiger partial charge in [-0.05, 0) is 44.6 Å². The number of methoxy groups -OCH3 is 1. The third-order valence-electron chi connectivity index (χ3n) is 2.97. The molecule has 0 atom stereocenters. The van der Waals surface area contributed by atoms with E-state index in [0.29, 0.717) is 6.10 Å². The molecule has 0 aromatic heterocycles. The van der Waals surface area contributed by atoms with E-state index in [1.807, 2.05) is 0 Å². The zero-order valence-electron chi connectivity index (χ0n) is 9.09. The van der Waals surface area contributed by atoms with Crippen molar-refractivity contribution in [3.05, 3.63) is 22.6 Å². The molecule has 2 aliphatic carbocycles. The van der Waals surface area contributed by atoms with Crippen LogP contribution in [0.4, 0.5) is 0 Å². The van der Waals surface area contributed by atoms with Crippen molar-refractivity contribution in [1.29, 1.82) is 0 Å². The van der Waals surface area contributed by atoms with Crippen LogP contribution in [0.15, 0.2) is 22.6 Å². The van der Waals surface area contributed by atoms with E-state index in [4.69, 9.17) is 21.1 Å². The lowest BCUT2D eigenvalue weighted by atomic mass is 10.1. The molecule has 1 saturated carbocycles. The highest BCUT2D eigenvalue weighted by molar-refractivity contribution is 6.30. The predicted molar refractivity (Wildman–Crippen MR) is 60.5 cm³/mol. The second-order valence-corrected chi connectivity index (χ2v) is 4.53. The topological polar surface area (TPSA) is 18.5 Å². The fourth-order valence-electron chi connectivity index (χ4n) is 2.14. The molecule has 15 heavy (non-hydrogen) atoms. The summed E-state index contributed by atoms with van der Waals surface area (Å²) in [5, 5.41) is 0.807. The molecule has 0 unspecified atom stereocenters. The average molecular weight is 229 g/mol. The van der Waals surface area contributed by atoms with Crippen LogP contribution < -0.4 is 0 Å². The molecule has 0 aliphatic heterocycles. The molecule has 0 bridgehead atoms. The molecule has 2 nitrogen and oxygen atoms in total. The van der Waals surface area contributed by atoms with Gasteiger partial charge in [-0.3, -0.25) is 0 Å². The zero-order valence-corrected chi connectivity index (χ0v) is 9.85. The Morgan fingerprint density at radius 3 is 2.73 bits per heavy atom. The molecular formula is C12H17ClO2. The van der Waals surface area contributed by atoms with Crippen molar-refractivity contribution in [1.82, 2.24) is 0 Å². The highest BCUT2D eigenvalue weighted by atomic mass is 35.5. The molecule has 2 aliphatic rings. The first-order valence-corrected chi connectivity index (χ1v) is 5.99. The molecule has 0 aromatic carbocycles. The van der Waals surface area contributed by atoms with Crippen LogP contribution in [0.5, 0.6) is 0 Å².